The number of piperidine rings is 1. The molecule has 2 N–H and O–H groups in total. The third-order valence-electron chi connectivity index (χ3n) is 8.48. The molecule has 2 aliphatic rings. The highest BCUT2D eigenvalue weighted by Gasteiger charge is 2.44. The van der Waals surface area contributed by atoms with Crippen LogP contribution in [0.3, 0.4) is 0 Å². The number of carbonyl (C=O) groups excluding carboxylic acids is 4. The van der Waals surface area contributed by atoms with Crippen molar-refractivity contribution in [3.63, 3.8) is 0 Å². The number of rotatable bonds is 13. The number of phenolic OH excluding ortho intramolecular Hbond substituents is 1. The molecule has 49 heavy (non-hydrogen) atoms. The maximum Gasteiger partial charge on any atom is 0.262 e. The van der Waals surface area contributed by atoms with Gasteiger partial charge in [-0.05, 0) is 83.1 Å². The largest absolute Gasteiger partial charge is 0.508 e. The third-order valence-corrected chi connectivity index (χ3v) is 8.48. The normalized spacial score (nSPS) is 16.3. The molecule has 2 aliphatic heterocycles. The number of nitrogens with one attached hydrogen (secondary N) is 1. The van der Waals surface area contributed by atoms with Crippen LogP contribution in [0.2, 0.25) is 0 Å². The molecule has 0 radical (unpaired) electrons. The number of fused-ring (bicyclic) bond motifs is 1. The quantitative estimate of drug-likeness (QED) is 0.107. The lowest BCUT2D eigenvalue weighted by atomic mass is 9.88. The van der Waals surface area contributed by atoms with Gasteiger partial charge >= 0.3 is 0 Å². The van der Waals surface area contributed by atoms with Crippen molar-refractivity contribution in [1.82, 2.24) is 10.2 Å². The van der Waals surface area contributed by atoms with Crippen LogP contribution in [-0.2, 0) is 14.3 Å². The van der Waals surface area contributed by atoms with Gasteiger partial charge in [-0.15, -0.1) is 0 Å². The van der Waals surface area contributed by atoms with Gasteiger partial charge in [0.25, 0.3) is 11.8 Å². The number of nitrogens with zero attached hydrogens (tertiary/aromatic N) is 1. The maximum absolute atomic E-state index is 13.0. The average molecular weight is 661 g/mol. The van der Waals surface area contributed by atoms with Crippen LogP contribution in [0.15, 0.2) is 97.1 Å². The summed E-state index contributed by atoms with van der Waals surface area (Å²) in [6.45, 7) is 3.28. The minimum Gasteiger partial charge on any atom is -0.508 e. The number of imide groups is 2. The van der Waals surface area contributed by atoms with E-state index in [4.69, 9.17) is 14.2 Å². The molecule has 0 aliphatic carbocycles. The number of aromatic hydroxyl groups is 1. The van der Waals surface area contributed by atoms with Crippen LogP contribution in [0.5, 0.6) is 17.2 Å². The van der Waals surface area contributed by atoms with Gasteiger partial charge in [-0.2, -0.15) is 0 Å². The van der Waals surface area contributed by atoms with Crippen LogP contribution in [0, 0.1) is 0 Å². The Hall–Kier alpha value is -5.74. The molecule has 10 nitrogen and oxygen atoms in total. The Balaban J connectivity index is 0.995. The molecular weight excluding hydrogens is 624 g/mol. The highest BCUT2D eigenvalue weighted by atomic mass is 16.5. The third kappa shape index (κ3) is 7.39. The lowest BCUT2D eigenvalue weighted by molar-refractivity contribution is -0.136. The second kappa shape index (κ2) is 15.0. The number of allylic oxidation sites excluding steroid dienone is 1. The molecular formula is C39H36N2O8. The summed E-state index contributed by atoms with van der Waals surface area (Å²) in [4.78, 5) is 50.6. The van der Waals surface area contributed by atoms with E-state index in [1.807, 2.05) is 54.6 Å². The van der Waals surface area contributed by atoms with Crippen molar-refractivity contribution in [2.75, 3.05) is 26.4 Å². The number of phenols is 1. The fraction of sp³-hybridized carbons (Fsp3) is 0.231. The van der Waals surface area contributed by atoms with Crippen LogP contribution < -0.4 is 14.8 Å². The summed E-state index contributed by atoms with van der Waals surface area (Å²) < 4.78 is 17.3. The minimum atomic E-state index is -1.02. The number of benzene rings is 4. The van der Waals surface area contributed by atoms with E-state index < -0.39 is 29.7 Å². The van der Waals surface area contributed by atoms with Gasteiger partial charge in [-0.25, -0.2) is 0 Å². The molecule has 4 aromatic rings. The Bertz CT molecular complexity index is 1880. The van der Waals surface area contributed by atoms with Crippen LogP contribution in [-0.4, -0.2) is 66.1 Å². The zero-order valence-electron chi connectivity index (χ0n) is 27.0. The highest BCUT2D eigenvalue weighted by Crippen LogP contribution is 2.36. The molecule has 1 fully saturated rings. The van der Waals surface area contributed by atoms with Gasteiger partial charge in [0.05, 0.1) is 24.3 Å². The summed E-state index contributed by atoms with van der Waals surface area (Å²) in [7, 11) is 0. The summed E-state index contributed by atoms with van der Waals surface area (Å²) in [6, 6.07) is 29.0. The van der Waals surface area contributed by atoms with E-state index in [9.17, 15) is 24.3 Å². The van der Waals surface area contributed by atoms with E-state index in [1.54, 1.807) is 18.2 Å². The first-order valence-corrected chi connectivity index (χ1v) is 16.2. The van der Waals surface area contributed by atoms with Crippen molar-refractivity contribution in [1.29, 1.82) is 0 Å². The monoisotopic (exact) mass is 660 g/mol. The summed E-state index contributed by atoms with van der Waals surface area (Å²) in [5.74, 6) is -0.908. The standard InChI is InChI=1S/C39H36N2O8/c1-2-31(25-6-4-3-5-7-25)36(26-8-12-28(42)13-9-26)27-10-14-29(15-11-27)48-22-20-47-21-23-49-30-16-17-32-33(24-30)39(46)41(38(32)45)34-18-19-35(43)40-37(34)44/h3-17,24,34,42H,2,18-23H2,1H3,(H,40,43,44)/b36-31-. The van der Waals surface area contributed by atoms with Crippen LogP contribution in [0.1, 0.15) is 63.6 Å². The molecule has 1 saturated heterocycles. The van der Waals surface area contributed by atoms with E-state index in [-0.39, 0.29) is 42.9 Å². The summed E-state index contributed by atoms with van der Waals surface area (Å²) in [5.41, 5.74) is 5.83. The maximum atomic E-state index is 13.0. The van der Waals surface area contributed by atoms with Gasteiger partial charge < -0.3 is 19.3 Å². The van der Waals surface area contributed by atoms with E-state index in [1.165, 1.54) is 17.7 Å². The fourth-order valence-electron chi connectivity index (χ4n) is 6.10. The van der Waals surface area contributed by atoms with E-state index in [0.29, 0.717) is 24.7 Å². The fourth-order valence-corrected chi connectivity index (χ4v) is 6.10. The number of hydrogen-bond donors (Lipinski definition) is 2. The van der Waals surface area contributed by atoms with Gasteiger partial charge in [-0.3, -0.25) is 29.4 Å². The molecule has 4 amide bonds. The van der Waals surface area contributed by atoms with Gasteiger partial charge in [0.15, 0.2) is 0 Å². The molecule has 0 spiro atoms. The number of amides is 4. The summed E-state index contributed by atoms with van der Waals surface area (Å²) >= 11 is 0. The smallest absolute Gasteiger partial charge is 0.262 e. The van der Waals surface area contributed by atoms with Gasteiger partial charge in [-0.1, -0.05) is 61.5 Å². The predicted molar refractivity (Wildman–Crippen MR) is 182 cm³/mol. The molecule has 6 rings (SSSR count). The lowest BCUT2D eigenvalue weighted by Gasteiger charge is -2.27. The van der Waals surface area contributed by atoms with Crippen molar-refractivity contribution < 1.29 is 38.5 Å². The average Bonchev–Trinajstić information content (AvgIpc) is 3.36. The first kappa shape index (κ1) is 33.2. The second-order valence-corrected chi connectivity index (χ2v) is 11.6. The van der Waals surface area contributed by atoms with Crippen molar-refractivity contribution >= 4 is 34.8 Å². The SMILES string of the molecule is CC/C(=C(\c1ccc(O)cc1)c1ccc(OCCOCCOc2ccc3c(c2)C(=O)N(C2CCC(=O)NC2=O)C3=O)cc1)c1ccccc1. The molecule has 4 aromatic carbocycles. The van der Waals surface area contributed by atoms with Crippen LogP contribution in [0.25, 0.3) is 11.1 Å². The lowest BCUT2D eigenvalue weighted by Crippen LogP contribution is -2.54. The van der Waals surface area contributed by atoms with E-state index >= 15 is 0 Å². The predicted octanol–water partition coefficient (Wildman–Crippen LogP) is 5.64. The zero-order valence-corrected chi connectivity index (χ0v) is 27.0. The second-order valence-electron chi connectivity index (χ2n) is 11.6. The highest BCUT2D eigenvalue weighted by molar-refractivity contribution is 6.23. The Morgan fingerprint density at radius 2 is 1.35 bits per heavy atom. The Morgan fingerprint density at radius 1 is 0.735 bits per heavy atom. The number of ether oxygens (including phenoxy) is 3. The van der Waals surface area contributed by atoms with Crippen molar-refractivity contribution in [3.05, 3.63) is 125 Å². The molecule has 250 valence electrons. The summed E-state index contributed by atoms with van der Waals surface area (Å²) in [5, 5.41) is 12.1. The summed E-state index contributed by atoms with van der Waals surface area (Å²) in [6.07, 6.45) is 0.984. The van der Waals surface area contributed by atoms with Crippen LogP contribution in [0.4, 0.5) is 0 Å². The van der Waals surface area contributed by atoms with Crippen molar-refractivity contribution in [2.24, 2.45) is 0 Å². The number of hydrogen-bond acceptors (Lipinski definition) is 8. The molecule has 2 heterocycles. The molecule has 0 bridgehead atoms. The minimum absolute atomic E-state index is 0.0605. The Kier molecular flexibility index (Phi) is 10.2. The van der Waals surface area contributed by atoms with Gasteiger partial charge in [0.1, 0.15) is 36.5 Å². The van der Waals surface area contributed by atoms with E-state index in [0.717, 1.165) is 33.6 Å². The zero-order chi connectivity index (χ0) is 34.3. The van der Waals surface area contributed by atoms with Crippen molar-refractivity contribution in [2.45, 2.75) is 32.2 Å². The first-order valence-electron chi connectivity index (χ1n) is 16.2. The van der Waals surface area contributed by atoms with Crippen molar-refractivity contribution in [3.8, 4) is 17.2 Å². The molecule has 1 atom stereocenters. The van der Waals surface area contributed by atoms with Gasteiger partial charge in [0.2, 0.25) is 11.8 Å². The first-order chi connectivity index (χ1) is 23.8. The Labute approximate surface area is 283 Å². The molecule has 10 heteroatoms. The molecule has 0 aromatic heterocycles. The van der Waals surface area contributed by atoms with Gasteiger partial charge in [0, 0.05) is 6.42 Å². The van der Waals surface area contributed by atoms with E-state index in [2.05, 4.69) is 24.4 Å². The molecule has 1 unspecified atom stereocenters. The topological polar surface area (TPSA) is 131 Å². The Morgan fingerprint density at radius 3 is 2.00 bits per heavy atom. The number of carbonyl (C=O) groups is 4. The van der Waals surface area contributed by atoms with Crippen LogP contribution >= 0.6 is 0 Å². The molecule has 0 saturated carbocycles.